The number of benzene rings is 2. The number of hydrogen-bond donors (Lipinski definition) is 1. The molecule has 4 aromatic rings. The minimum atomic E-state index is -0.835. The fourth-order valence-corrected chi connectivity index (χ4v) is 4.49. The van der Waals surface area contributed by atoms with Gasteiger partial charge in [-0.1, -0.05) is 18.2 Å². The second kappa shape index (κ2) is 7.31. The molecule has 0 aliphatic carbocycles. The van der Waals surface area contributed by atoms with Crippen molar-refractivity contribution in [3.8, 4) is 23.4 Å². The molecule has 3 nitrogen and oxygen atoms in total. The molecule has 2 aromatic heterocycles. The minimum absolute atomic E-state index is 0.306. The van der Waals surface area contributed by atoms with Crippen molar-refractivity contribution in [1.29, 1.82) is 10.5 Å². The smallest absolute Gasteiger partial charge is 0.145 e. The summed E-state index contributed by atoms with van der Waals surface area (Å²) in [6.45, 7) is 2.02. The topological polar surface area (TPSA) is 63.4 Å². The number of aromatic nitrogens is 1. The largest absolute Gasteiger partial charge is 0.354 e. The third-order valence-corrected chi connectivity index (χ3v) is 5.85. The number of nitrogens with one attached hydrogen (secondary N) is 1. The van der Waals surface area contributed by atoms with E-state index in [1.165, 1.54) is 23.5 Å². The number of H-pyrrole nitrogens is 1. The van der Waals surface area contributed by atoms with Crippen molar-refractivity contribution in [2.45, 2.75) is 12.8 Å². The molecule has 0 radical (unpaired) electrons. The average Bonchev–Trinajstić information content (AvgIpc) is 3.34. The van der Waals surface area contributed by atoms with Crippen molar-refractivity contribution < 1.29 is 4.39 Å². The Morgan fingerprint density at radius 3 is 2.43 bits per heavy atom. The molecule has 1 atom stereocenters. The molecule has 0 aliphatic heterocycles. The second-order valence-corrected chi connectivity index (χ2v) is 7.68. The van der Waals surface area contributed by atoms with Crippen LogP contribution < -0.4 is 0 Å². The molecule has 2 heterocycles. The molecule has 1 unspecified atom stereocenters. The summed E-state index contributed by atoms with van der Waals surface area (Å²) in [5.41, 5.74) is 4.58. The van der Waals surface area contributed by atoms with E-state index in [9.17, 15) is 14.9 Å². The van der Waals surface area contributed by atoms with Crippen LogP contribution in [0.25, 0.3) is 22.2 Å². The molecule has 4 rings (SSSR count). The van der Waals surface area contributed by atoms with Crippen LogP contribution >= 0.6 is 11.3 Å². The van der Waals surface area contributed by atoms with E-state index in [1.807, 2.05) is 42.6 Å². The van der Waals surface area contributed by atoms with E-state index in [0.29, 0.717) is 0 Å². The van der Waals surface area contributed by atoms with Gasteiger partial charge in [0.05, 0.1) is 23.8 Å². The van der Waals surface area contributed by atoms with Crippen molar-refractivity contribution in [3.63, 3.8) is 0 Å². The van der Waals surface area contributed by atoms with Crippen molar-refractivity contribution in [2.24, 2.45) is 5.92 Å². The highest BCUT2D eigenvalue weighted by atomic mass is 32.1. The molecule has 1 N–H and O–H groups in total. The third-order valence-electron chi connectivity index (χ3n) is 4.90. The maximum absolute atomic E-state index is 13.5. The molecule has 0 bridgehead atoms. The van der Waals surface area contributed by atoms with Crippen LogP contribution in [0, 0.1) is 41.3 Å². The van der Waals surface area contributed by atoms with Gasteiger partial charge in [0, 0.05) is 15.8 Å². The first-order valence-electron chi connectivity index (χ1n) is 8.83. The number of aromatic amines is 1. The van der Waals surface area contributed by atoms with Gasteiger partial charge in [0.25, 0.3) is 0 Å². The Hall–Kier alpha value is -3.41. The van der Waals surface area contributed by atoms with Crippen molar-refractivity contribution in [2.75, 3.05) is 0 Å². The number of nitriles is 2. The number of nitrogens with zero attached hydrogens (tertiary/aromatic N) is 2. The summed E-state index contributed by atoms with van der Waals surface area (Å²) >= 11 is 1.53. The molecule has 0 saturated heterocycles. The number of rotatable bonds is 4. The molecule has 0 amide bonds. The highest BCUT2D eigenvalue weighted by Crippen LogP contribution is 2.43. The summed E-state index contributed by atoms with van der Waals surface area (Å²) in [6.07, 6.45) is 0. The molecule has 0 spiro atoms. The van der Waals surface area contributed by atoms with Gasteiger partial charge in [0.15, 0.2) is 0 Å². The van der Waals surface area contributed by atoms with Crippen LogP contribution in [-0.4, -0.2) is 4.98 Å². The molecule has 28 heavy (non-hydrogen) atoms. The lowest BCUT2D eigenvalue weighted by molar-refractivity contribution is 0.628. The average molecular weight is 385 g/mol. The summed E-state index contributed by atoms with van der Waals surface area (Å²) in [6, 6.07) is 20.6. The van der Waals surface area contributed by atoms with Gasteiger partial charge >= 0.3 is 0 Å². The molecule has 2 aromatic carbocycles. The SMILES string of the molecule is Cc1ccc2c(C(c3cccs3)C(C#N)C#N)c(-c3ccc(F)cc3)[nH]c2c1. The summed E-state index contributed by atoms with van der Waals surface area (Å²) < 4.78 is 13.5. The molecular formula is C23H16FN3S. The minimum Gasteiger partial charge on any atom is -0.354 e. The lowest BCUT2D eigenvalue weighted by Gasteiger charge is -2.18. The Kier molecular flexibility index (Phi) is 4.69. The predicted octanol–water partition coefficient (Wildman–Crippen LogP) is 6.14. The molecule has 136 valence electrons. The molecule has 0 aliphatic rings. The van der Waals surface area contributed by atoms with E-state index in [2.05, 4.69) is 17.1 Å². The van der Waals surface area contributed by atoms with Crippen molar-refractivity contribution in [1.82, 2.24) is 4.98 Å². The van der Waals surface area contributed by atoms with Gasteiger partial charge < -0.3 is 4.98 Å². The van der Waals surface area contributed by atoms with Gasteiger partial charge in [-0.05, 0) is 65.4 Å². The van der Waals surface area contributed by atoms with E-state index in [1.54, 1.807) is 12.1 Å². The first kappa shape index (κ1) is 18.0. The zero-order chi connectivity index (χ0) is 19.7. The van der Waals surface area contributed by atoms with Crippen LogP contribution in [0.15, 0.2) is 60.0 Å². The number of thiophene rings is 1. The monoisotopic (exact) mass is 385 g/mol. The van der Waals surface area contributed by atoms with E-state index >= 15 is 0 Å². The highest BCUT2D eigenvalue weighted by molar-refractivity contribution is 7.10. The number of aryl methyl sites for hydroxylation is 1. The standard InChI is InChI=1S/C23H16FN3S/c1-14-4-9-18-19(11-14)27-23(15-5-7-17(24)8-6-15)22(18)21(16(12-25)13-26)20-3-2-10-28-20/h2-11,16,21,27H,1H3. The zero-order valence-electron chi connectivity index (χ0n) is 15.1. The second-order valence-electron chi connectivity index (χ2n) is 6.70. The summed E-state index contributed by atoms with van der Waals surface area (Å²) in [4.78, 5) is 4.41. The van der Waals surface area contributed by atoms with E-state index in [-0.39, 0.29) is 5.82 Å². The molecule has 0 saturated carbocycles. The predicted molar refractivity (Wildman–Crippen MR) is 109 cm³/mol. The molecule has 0 fully saturated rings. The lowest BCUT2D eigenvalue weighted by Crippen LogP contribution is -2.11. The Balaban J connectivity index is 2.05. The fraction of sp³-hybridized carbons (Fsp3) is 0.130. The Morgan fingerprint density at radius 1 is 1.04 bits per heavy atom. The highest BCUT2D eigenvalue weighted by Gasteiger charge is 2.31. The molecule has 5 heteroatoms. The van der Waals surface area contributed by atoms with Gasteiger partial charge in [-0.25, -0.2) is 4.39 Å². The van der Waals surface area contributed by atoms with Crippen LogP contribution in [0.1, 0.15) is 21.9 Å². The lowest BCUT2D eigenvalue weighted by atomic mass is 9.83. The molecular weight excluding hydrogens is 369 g/mol. The van der Waals surface area contributed by atoms with Crippen LogP contribution in [0.3, 0.4) is 0 Å². The van der Waals surface area contributed by atoms with Gasteiger partial charge in [-0.3, -0.25) is 0 Å². The summed E-state index contributed by atoms with van der Waals surface area (Å²) in [5, 5.41) is 22.3. The van der Waals surface area contributed by atoms with E-state index < -0.39 is 11.8 Å². The summed E-state index contributed by atoms with van der Waals surface area (Å²) in [7, 11) is 0. The van der Waals surface area contributed by atoms with Gasteiger partial charge in [-0.15, -0.1) is 11.3 Å². The van der Waals surface area contributed by atoms with Crippen LogP contribution in [0.5, 0.6) is 0 Å². The first-order chi connectivity index (χ1) is 13.6. The van der Waals surface area contributed by atoms with Crippen molar-refractivity contribution in [3.05, 3.63) is 81.8 Å². The van der Waals surface area contributed by atoms with Gasteiger partial charge in [0.2, 0.25) is 0 Å². The van der Waals surface area contributed by atoms with Gasteiger partial charge in [-0.2, -0.15) is 10.5 Å². The van der Waals surface area contributed by atoms with Crippen LogP contribution in [0.4, 0.5) is 4.39 Å². The Bertz CT molecular complexity index is 1190. The van der Waals surface area contributed by atoms with Crippen LogP contribution in [-0.2, 0) is 0 Å². The van der Waals surface area contributed by atoms with Gasteiger partial charge in [0.1, 0.15) is 11.7 Å². The van der Waals surface area contributed by atoms with Crippen LogP contribution in [0.2, 0.25) is 0 Å². The van der Waals surface area contributed by atoms with E-state index in [0.717, 1.165) is 38.2 Å². The maximum atomic E-state index is 13.5. The fourth-order valence-electron chi connectivity index (χ4n) is 3.62. The normalized spacial score (nSPS) is 12.0. The quantitative estimate of drug-likeness (QED) is 0.459. The number of hydrogen-bond acceptors (Lipinski definition) is 3. The Morgan fingerprint density at radius 2 is 1.79 bits per heavy atom. The third kappa shape index (κ3) is 3.07. The van der Waals surface area contributed by atoms with Crippen molar-refractivity contribution >= 4 is 22.2 Å². The summed E-state index contributed by atoms with van der Waals surface area (Å²) in [5.74, 6) is -1.54. The zero-order valence-corrected chi connectivity index (χ0v) is 15.9. The van der Waals surface area contributed by atoms with E-state index in [4.69, 9.17) is 0 Å². The number of halogens is 1. The first-order valence-corrected chi connectivity index (χ1v) is 9.71. The Labute approximate surface area is 166 Å². The maximum Gasteiger partial charge on any atom is 0.145 e. The number of fused-ring (bicyclic) bond motifs is 1.